The van der Waals surface area contributed by atoms with Crippen LogP contribution in [-0.4, -0.2) is 23.4 Å². The molecule has 98 valence electrons. The van der Waals surface area contributed by atoms with Crippen LogP contribution in [0, 0.1) is 0 Å². The molecule has 1 fully saturated rings. The number of nitrogen functional groups attached to an aromatic ring is 1. The fourth-order valence-electron chi connectivity index (χ4n) is 2.75. The minimum Gasteiger partial charge on any atom is -0.398 e. The van der Waals surface area contributed by atoms with Crippen LogP contribution in [0.25, 0.3) is 0 Å². The Hall–Kier alpha value is -1.51. The average molecular weight is 246 g/mol. The SMILES string of the molecule is CCCC1CCCCN1C(=O)c1ccccc1N. The molecule has 0 aliphatic carbocycles. The van der Waals surface area contributed by atoms with E-state index in [0.717, 1.165) is 32.2 Å². The molecule has 1 saturated heterocycles. The van der Waals surface area contributed by atoms with Gasteiger partial charge in [-0.2, -0.15) is 0 Å². The number of hydrogen-bond donors (Lipinski definition) is 1. The molecule has 0 saturated carbocycles. The highest BCUT2D eigenvalue weighted by molar-refractivity contribution is 5.99. The van der Waals surface area contributed by atoms with Crippen LogP contribution >= 0.6 is 0 Å². The van der Waals surface area contributed by atoms with E-state index < -0.39 is 0 Å². The van der Waals surface area contributed by atoms with Gasteiger partial charge in [0.05, 0.1) is 5.56 Å². The smallest absolute Gasteiger partial charge is 0.256 e. The molecule has 1 aliphatic heterocycles. The van der Waals surface area contributed by atoms with Crippen LogP contribution in [0.5, 0.6) is 0 Å². The molecule has 18 heavy (non-hydrogen) atoms. The number of benzene rings is 1. The Morgan fingerprint density at radius 1 is 1.39 bits per heavy atom. The van der Waals surface area contributed by atoms with Crippen LogP contribution < -0.4 is 5.73 Å². The standard InChI is InChI=1S/C15H22N2O/c1-2-7-12-8-5-6-11-17(12)15(18)13-9-3-4-10-14(13)16/h3-4,9-10,12H,2,5-8,11,16H2,1H3. The van der Waals surface area contributed by atoms with E-state index in [1.165, 1.54) is 6.42 Å². The summed E-state index contributed by atoms with van der Waals surface area (Å²) in [6, 6.07) is 7.77. The number of nitrogens with two attached hydrogens (primary N) is 1. The van der Waals surface area contributed by atoms with Gasteiger partial charge in [0, 0.05) is 18.3 Å². The van der Waals surface area contributed by atoms with Crippen LogP contribution in [0.15, 0.2) is 24.3 Å². The third-order valence-corrected chi connectivity index (χ3v) is 3.70. The lowest BCUT2D eigenvalue weighted by molar-refractivity contribution is 0.0602. The monoisotopic (exact) mass is 246 g/mol. The number of para-hydroxylation sites is 1. The van der Waals surface area contributed by atoms with Crippen LogP contribution in [0.1, 0.15) is 49.4 Å². The number of likely N-dealkylation sites (tertiary alicyclic amines) is 1. The third-order valence-electron chi connectivity index (χ3n) is 3.70. The second-order valence-electron chi connectivity index (χ2n) is 5.02. The highest BCUT2D eigenvalue weighted by Crippen LogP contribution is 2.24. The van der Waals surface area contributed by atoms with Crippen molar-refractivity contribution in [3.63, 3.8) is 0 Å². The lowest BCUT2D eigenvalue weighted by Gasteiger charge is -2.36. The molecule has 1 aliphatic rings. The summed E-state index contributed by atoms with van der Waals surface area (Å²) in [5, 5.41) is 0. The first kappa shape index (κ1) is 12.9. The van der Waals surface area contributed by atoms with Gasteiger partial charge in [-0.05, 0) is 37.8 Å². The van der Waals surface area contributed by atoms with Crippen LogP contribution in [0.2, 0.25) is 0 Å². The zero-order valence-corrected chi connectivity index (χ0v) is 11.1. The van der Waals surface area contributed by atoms with E-state index in [0.29, 0.717) is 17.3 Å². The van der Waals surface area contributed by atoms with Crippen molar-refractivity contribution in [2.45, 2.75) is 45.1 Å². The maximum atomic E-state index is 12.6. The van der Waals surface area contributed by atoms with Crippen LogP contribution in [-0.2, 0) is 0 Å². The third kappa shape index (κ3) is 2.66. The van der Waals surface area contributed by atoms with E-state index in [1.54, 1.807) is 6.07 Å². The predicted molar refractivity (Wildman–Crippen MR) is 74.4 cm³/mol. The second kappa shape index (κ2) is 5.89. The molecule has 2 N–H and O–H groups in total. The predicted octanol–water partition coefficient (Wildman–Crippen LogP) is 3.06. The van der Waals surface area contributed by atoms with E-state index in [-0.39, 0.29) is 5.91 Å². The summed E-state index contributed by atoms with van der Waals surface area (Å²) in [6.45, 7) is 3.05. The van der Waals surface area contributed by atoms with E-state index in [9.17, 15) is 4.79 Å². The summed E-state index contributed by atoms with van der Waals surface area (Å²) in [5.41, 5.74) is 7.14. The summed E-state index contributed by atoms with van der Waals surface area (Å²) in [6.07, 6.45) is 5.70. The number of carbonyl (C=O) groups is 1. The molecule has 1 aromatic carbocycles. The molecule has 0 bridgehead atoms. The zero-order valence-electron chi connectivity index (χ0n) is 11.1. The summed E-state index contributed by atoms with van der Waals surface area (Å²) in [4.78, 5) is 14.6. The molecule has 3 nitrogen and oxygen atoms in total. The average Bonchev–Trinajstić information content (AvgIpc) is 2.40. The molecule has 0 spiro atoms. The van der Waals surface area contributed by atoms with Gasteiger partial charge in [-0.25, -0.2) is 0 Å². The molecular formula is C15H22N2O. The first-order valence-corrected chi connectivity index (χ1v) is 6.89. The van der Waals surface area contributed by atoms with Gasteiger partial charge < -0.3 is 10.6 Å². The van der Waals surface area contributed by atoms with Gasteiger partial charge in [-0.15, -0.1) is 0 Å². The van der Waals surface area contributed by atoms with Crippen LogP contribution in [0.4, 0.5) is 5.69 Å². The number of hydrogen-bond acceptors (Lipinski definition) is 2. The summed E-state index contributed by atoms with van der Waals surface area (Å²) >= 11 is 0. The Morgan fingerprint density at radius 3 is 2.89 bits per heavy atom. The number of nitrogens with zero attached hydrogens (tertiary/aromatic N) is 1. The first-order valence-electron chi connectivity index (χ1n) is 6.89. The number of rotatable bonds is 3. The van der Waals surface area contributed by atoms with E-state index in [4.69, 9.17) is 5.73 Å². The van der Waals surface area contributed by atoms with Crippen molar-refractivity contribution in [2.24, 2.45) is 0 Å². The lowest BCUT2D eigenvalue weighted by atomic mass is 9.97. The molecular weight excluding hydrogens is 224 g/mol. The largest absolute Gasteiger partial charge is 0.398 e. The Morgan fingerprint density at radius 2 is 2.17 bits per heavy atom. The molecule has 1 aromatic rings. The lowest BCUT2D eigenvalue weighted by Crippen LogP contribution is -2.43. The molecule has 2 rings (SSSR count). The minimum atomic E-state index is 0.103. The van der Waals surface area contributed by atoms with Crippen LogP contribution in [0.3, 0.4) is 0 Å². The molecule has 1 amide bonds. The van der Waals surface area contributed by atoms with E-state index in [2.05, 4.69) is 6.92 Å². The number of anilines is 1. The van der Waals surface area contributed by atoms with Crippen molar-refractivity contribution in [3.8, 4) is 0 Å². The number of piperidine rings is 1. The van der Waals surface area contributed by atoms with Crippen molar-refractivity contribution < 1.29 is 4.79 Å². The van der Waals surface area contributed by atoms with Gasteiger partial charge in [-0.1, -0.05) is 25.5 Å². The summed E-state index contributed by atoms with van der Waals surface area (Å²) in [5.74, 6) is 0.103. The van der Waals surface area contributed by atoms with Crippen molar-refractivity contribution in [2.75, 3.05) is 12.3 Å². The van der Waals surface area contributed by atoms with Crippen molar-refractivity contribution in [1.82, 2.24) is 4.90 Å². The fraction of sp³-hybridized carbons (Fsp3) is 0.533. The van der Waals surface area contributed by atoms with Gasteiger partial charge in [-0.3, -0.25) is 4.79 Å². The minimum absolute atomic E-state index is 0.103. The fourth-order valence-corrected chi connectivity index (χ4v) is 2.75. The zero-order chi connectivity index (χ0) is 13.0. The number of carbonyl (C=O) groups excluding carboxylic acids is 1. The first-order chi connectivity index (χ1) is 8.74. The highest BCUT2D eigenvalue weighted by atomic mass is 16.2. The van der Waals surface area contributed by atoms with Crippen molar-refractivity contribution >= 4 is 11.6 Å². The molecule has 0 radical (unpaired) electrons. The molecule has 1 atom stereocenters. The maximum absolute atomic E-state index is 12.6. The Bertz CT molecular complexity index is 415. The van der Waals surface area contributed by atoms with Crippen molar-refractivity contribution in [1.29, 1.82) is 0 Å². The normalized spacial score (nSPS) is 19.8. The maximum Gasteiger partial charge on any atom is 0.256 e. The van der Waals surface area contributed by atoms with Gasteiger partial charge in [0.25, 0.3) is 5.91 Å². The number of amides is 1. The van der Waals surface area contributed by atoms with Gasteiger partial charge in [0.15, 0.2) is 0 Å². The molecule has 3 heteroatoms. The molecule has 0 aromatic heterocycles. The van der Waals surface area contributed by atoms with Crippen molar-refractivity contribution in [3.05, 3.63) is 29.8 Å². The summed E-state index contributed by atoms with van der Waals surface area (Å²) < 4.78 is 0. The second-order valence-corrected chi connectivity index (χ2v) is 5.02. The molecule has 1 unspecified atom stereocenters. The van der Waals surface area contributed by atoms with Gasteiger partial charge in [0.1, 0.15) is 0 Å². The quantitative estimate of drug-likeness (QED) is 0.833. The molecule has 1 heterocycles. The Balaban J connectivity index is 2.18. The Labute approximate surface area is 109 Å². The van der Waals surface area contributed by atoms with E-state index in [1.807, 2.05) is 23.1 Å². The Kier molecular flexibility index (Phi) is 4.24. The van der Waals surface area contributed by atoms with Gasteiger partial charge in [0.2, 0.25) is 0 Å². The van der Waals surface area contributed by atoms with E-state index >= 15 is 0 Å². The topological polar surface area (TPSA) is 46.3 Å². The van der Waals surface area contributed by atoms with Gasteiger partial charge >= 0.3 is 0 Å². The summed E-state index contributed by atoms with van der Waals surface area (Å²) in [7, 11) is 0. The highest BCUT2D eigenvalue weighted by Gasteiger charge is 2.27.